The molecule has 3 aromatic carbocycles. The number of amidine groups is 1. The highest BCUT2D eigenvalue weighted by molar-refractivity contribution is 9.10. The van der Waals surface area contributed by atoms with Gasteiger partial charge >= 0.3 is 0 Å². The van der Waals surface area contributed by atoms with Crippen molar-refractivity contribution in [1.29, 1.82) is 0 Å². The fourth-order valence-electron chi connectivity index (χ4n) is 3.09. The van der Waals surface area contributed by atoms with E-state index in [4.69, 9.17) is 21.1 Å². The topological polar surface area (TPSA) is 59.9 Å². The van der Waals surface area contributed by atoms with Gasteiger partial charge in [0, 0.05) is 9.50 Å². The summed E-state index contributed by atoms with van der Waals surface area (Å²) in [5.74, 6) is 1.02. The van der Waals surface area contributed by atoms with Gasteiger partial charge in [0.15, 0.2) is 16.7 Å². The third-order valence-electron chi connectivity index (χ3n) is 4.91. The van der Waals surface area contributed by atoms with Gasteiger partial charge in [-0.05, 0) is 77.9 Å². The van der Waals surface area contributed by atoms with Crippen LogP contribution in [0, 0.1) is 6.92 Å². The molecule has 0 saturated carbocycles. The Kier molecular flexibility index (Phi) is 7.42. The number of aliphatic imine (C=N–C) groups is 1. The first-order chi connectivity index (χ1) is 15.9. The molecule has 1 amide bonds. The first-order valence-electron chi connectivity index (χ1n) is 10.0. The minimum Gasteiger partial charge on any atom is -0.493 e. The maximum absolute atomic E-state index is 12.5. The number of hydrogen-bond donors (Lipinski definition) is 1. The largest absolute Gasteiger partial charge is 0.493 e. The number of amides is 1. The van der Waals surface area contributed by atoms with Crippen molar-refractivity contribution in [2.24, 2.45) is 4.99 Å². The number of thioether (sulfide) groups is 1. The van der Waals surface area contributed by atoms with Crippen LogP contribution >= 0.6 is 39.3 Å². The van der Waals surface area contributed by atoms with E-state index < -0.39 is 0 Å². The maximum atomic E-state index is 12.5. The Balaban J connectivity index is 1.50. The van der Waals surface area contributed by atoms with Gasteiger partial charge in [0.05, 0.1) is 17.7 Å². The van der Waals surface area contributed by atoms with Gasteiger partial charge in [-0.15, -0.1) is 0 Å². The Morgan fingerprint density at radius 1 is 1.12 bits per heavy atom. The van der Waals surface area contributed by atoms with Crippen LogP contribution in [0.3, 0.4) is 0 Å². The van der Waals surface area contributed by atoms with Crippen LogP contribution in [-0.2, 0) is 11.4 Å². The van der Waals surface area contributed by atoms with Gasteiger partial charge in [0.25, 0.3) is 5.91 Å². The first kappa shape index (κ1) is 23.4. The number of carbonyl (C=O) groups excluding carboxylic acids is 1. The van der Waals surface area contributed by atoms with Crippen LogP contribution < -0.4 is 14.8 Å². The van der Waals surface area contributed by atoms with Gasteiger partial charge in [-0.1, -0.05) is 51.8 Å². The van der Waals surface area contributed by atoms with Crippen molar-refractivity contribution in [3.05, 3.63) is 91.8 Å². The molecular formula is C25H20BrClN2O3S. The molecule has 8 heteroatoms. The lowest BCUT2D eigenvalue weighted by atomic mass is 10.2. The lowest BCUT2D eigenvalue weighted by Crippen LogP contribution is -2.19. The van der Waals surface area contributed by atoms with E-state index in [1.165, 1.54) is 11.8 Å². The number of benzene rings is 3. The van der Waals surface area contributed by atoms with Crippen LogP contribution in [-0.4, -0.2) is 18.2 Å². The maximum Gasteiger partial charge on any atom is 0.264 e. The van der Waals surface area contributed by atoms with E-state index in [9.17, 15) is 4.79 Å². The molecule has 0 atom stereocenters. The normalized spacial score (nSPS) is 15.7. The zero-order valence-corrected chi connectivity index (χ0v) is 21.1. The number of hydrogen-bond acceptors (Lipinski definition) is 5. The highest BCUT2D eigenvalue weighted by atomic mass is 79.9. The second kappa shape index (κ2) is 10.5. The minimum atomic E-state index is -0.201. The monoisotopic (exact) mass is 542 g/mol. The van der Waals surface area contributed by atoms with Gasteiger partial charge in [-0.2, -0.15) is 0 Å². The van der Waals surface area contributed by atoms with E-state index in [2.05, 4.69) is 26.2 Å². The molecule has 0 spiro atoms. The second-order valence-corrected chi connectivity index (χ2v) is 9.54. The van der Waals surface area contributed by atoms with Gasteiger partial charge in [0.2, 0.25) is 0 Å². The molecule has 1 fully saturated rings. The number of ether oxygens (including phenoxy) is 2. The van der Waals surface area contributed by atoms with E-state index in [1.807, 2.05) is 67.6 Å². The van der Waals surface area contributed by atoms with E-state index in [1.54, 1.807) is 13.2 Å². The third-order valence-corrected chi connectivity index (χ3v) is 6.75. The smallest absolute Gasteiger partial charge is 0.264 e. The zero-order valence-electron chi connectivity index (χ0n) is 17.9. The molecule has 0 radical (unpaired) electrons. The number of carbonyl (C=O) groups is 1. The number of methoxy groups -OCH3 is 1. The quantitative estimate of drug-likeness (QED) is 0.344. The van der Waals surface area contributed by atoms with E-state index >= 15 is 0 Å². The molecule has 1 heterocycles. The summed E-state index contributed by atoms with van der Waals surface area (Å²) in [6.45, 7) is 2.32. The lowest BCUT2D eigenvalue weighted by molar-refractivity contribution is -0.115. The highest BCUT2D eigenvalue weighted by Gasteiger charge is 2.24. The first-order valence-corrected chi connectivity index (χ1v) is 12.0. The summed E-state index contributed by atoms with van der Waals surface area (Å²) in [5, 5.41) is 3.95. The van der Waals surface area contributed by atoms with Crippen LogP contribution in [0.25, 0.3) is 6.08 Å². The molecule has 4 rings (SSSR count). The van der Waals surface area contributed by atoms with Gasteiger partial charge in [0.1, 0.15) is 6.61 Å². The van der Waals surface area contributed by atoms with Crippen molar-refractivity contribution in [1.82, 2.24) is 5.32 Å². The Hall–Kier alpha value is -2.74. The van der Waals surface area contributed by atoms with E-state index in [0.29, 0.717) is 33.2 Å². The molecule has 1 aliphatic rings. The van der Waals surface area contributed by atoms with Crippen LogP contribution in [0.15, 0.2) is 75.0 Å². The molecule has 33 heavy (non-hydrogen) atoms. The predicted octanol–water partition coefficient (Wildman–Crippen LogP) is 6.89. The fourth-order valence-corrected chi connectivity index (χ4v) is 4.36. The van der Waals surface area contributed by atoms with Crippen LogP contribution in [0.5, 0.6) is 11.5 Å². The van der Waals surface area contributed by atoms with Crippen molar-refractivity contribution < 1.29 is 14.3 Å². The van der Waals surface area contributed by atoms with Crippen LogP contribution in [0.2, 0.25) is 5.02 Å². The van der Waals surface area contributed by atoms with Gasteiger partial charge < -0.3 is 14.8 Å². The minimum absolute atomic E-state index is 0.201. The van der Waals surface area contributed by atoms with Crippen molar-refractivity contribution in [3.8, 4) is 11.5 Å². The number of rotatable bonds is 6. The van der Waals surface area contributed by atoms with Gasteiger partial charge in [-0.25, -0.2) is 4.99 Å². The van der Waals surface area contributed by atoms with Gasteiger partial charge in [-0.3, -0.25) is 4.79 Å². The lowest BCUT2D eigenvalue weighted by Gasteiger charge is -2.11. The van der Waals surface area contributed by atoms with E-state index in [-0.39, 0.29) is 5.91 Å². The molecule has 0 aromatic heterocycles. The van der Waals surface area contributed by atoms with Crippen LogP contribution in [0.1, 0.15) is 16.7 Å². The zero-order chi connectivity index (χ0) is 23.4. The van der Waals surface area contributed by atoms with Crippen molar-refractivity contribution >= 4 is 62.1 Å². The molecule has 168 valence electrons. The van der Waals surface area contributed by atoms with Crippen molar-refractivity contribution in [3.63, 3.8) is 0 Å². The molecule has 0 bridgehead atoms. The summed E-state index contributed by atoms with van der Waals surface area (Å²) in [5.41, 5.74) is 3.45. The summed E-state index contributed by atoms with van der Waals surface area (Å²) in [6, 6.07) is 19.0. The van der Waals surface area contributed by atoms with Crippen LogP contribution in [0.4, 0.5) is 5.69 Å². The van der Waals surface area contributed by atoms with Crippen molar-refractivity contribution in [2.75, 3.05) is 7.11 Å². The predicted molar refractivity (Wildman–Crippen MR) is 138 cm³/mol. The molecular weight excluding hydrogens is 524 g/mol. The second-order valence-electron chi connectivity index (χ2n) is 7.19. The Bertz CT molecular complexity index is 1260. The SMILES string of the molecule is COc1cc(/C=C2/SC(=Nc3cccc(Cl)c3C)NC2=O)ccc1OCc1ccc(Br)cc1. The standard InChI is InChI=1S/C25H20BrClN2O3S/c1-15-19(27)4-3-5-20(15)28-25-29-24(30)23(33-25)13-17-8-11-21(22(12-17)31-2)32-14-16-6-9-18(26)10-7-16/h3-13H,14H2,1-2H3,(H,28,29,30)/b23-13+. The Morgan fingerprint density at radius 3 is 2.67 bits per heavy atom. The summed E-state index contributed by atoms with van der Waals surface area (Å²) in [7, 11) is 1.59. The molecule has 0 unspecified atom stereocenters. The average Bonchev–Trinajstić information content (AvgIpc) is 3.15. The summed E-state index contributed by atoms with van der Waals surface area (Å²) in [4.78, 5) is 17.6. The highest BCUT2D eigenvalue weighted by Crippen LogP contribution is 2.33. The van der Waals surface area contributed by atoms with E-state index in [0.717, 1.165) is 26.9 Å². The third kappa shape index (κ3) is 5.79. The van der Waals surface area contributed by atoms with Crippen molar-refractivity contribution in [2.45, 2.75) is 13.5 Å². The summed E-state index contributed by atoms with van der Waals surface area (Å²) >= 11 is 10.9. The average molecular weight is 544 g/mol. The Morgan fingerprint density at radius 2 is 1.91 bits per heavy atom. The summed E-state index contributed by atoms with van der Waals surface area (Å²) in [6.07, 6.45) is 1.80. The molecule has 0 aliphatic carbocycles. The molecule has 5 nitrogen and oxygen atoms in total. The Labute approximate surface area is 210 Å². The summed E-state index contributed by atoms with van der Waals surface area (Å²) < 4.78 is 12.5. The molecule has 1 saturated heterocycles. The fraction of sp³-hybridized carbons (Fsp3) is 0.120. The number of nitrogens with zero attached hydrogens (tertiary/aromatic N) is 1. The molecule has 3 aromatic rings. The number of halogens is 2. The molecule has 1 N–H and O–H groups in total. The number of nitrogens with one attached hydrogen (secondary N) is 1. The molecule has 1 aliphatic heterocycles.